The van der Waals surface area contributed by atoms with Gasteiger partial charge in [-0.15, -0.1) is 0 Å². The highest BCUT2D eigenvalue weighted by atomic mass is 32.2. The third-order valence-electron chi connectivity index (χ3n) is 3.60. The first-order valence-corrected chi connectivity index (χ1v) is 8.71. The molecule has 0 aliphatic carbocycles. The van der Waals surface area contributed by atoms with Crippen LogP contribution in [0.5, 0.6) is 0 Å². The Labute approximate surface area is 130 Å². The van der Waals surface area contributed by atoms with Crippen LogP contribution in [0.1, 0.15) is 24.8 Å². The van der Waals surface area contributed by atoms with Crippen LogP contribution in [0, 0.1) is 11.3 Å². The fourth-order valence-corrected chi connectivity index (χ4v) is 3.90. The van der Waals surface area contributed by atoms with Crippen molar-refractivity contribution in [2.45, 2.75) is 30.6 Å². The molecule has 1 heterocycles. The molecule has 1 N–H and O–H groups in total. The molecule has 0 saturated carbocycles. The maximum Gasteiger partial charge on any atom is 0.243 e. The molecule has 0 aromatic heterocycles. The summed E-state index contributed by atoms with van der Waals surface area (Å²) in [5.74, 6) is -0.296. The van der Waals surface area contributed by atoms with Crippen molar-refractivity contribution in [3.05, 3.63) is 29.8 Å². The van der Waals surface area contributed by atoms with E-state index in [-0.39, 0.29) is 12.3 Å². The average Bonchev–Trinajstić information content (AvgIpc) is 3.03. The number of nitrogens with zero attached hydrogens (tertiary/aromatic N) is 2. The number of nitrogens with one attached hydrogen (secondary N) is 1. The highest BCUT2D eigenvalue weighted by Gasteiger charge is 2.26. The SMILES string of the molecule is N#CCC(=O)NCCc1ccc(S(=O)(=O)N2CCCC2)cc1. The van der Waals surface area contributed by atoms with E-state index in [0.717, 1.165) is 18.4 Å². The first kappa shape index (κ1) is 16.5. The van der Waals surface area contributed by atoms with E-state index in [1.807, 2.05) is 0 Å². The van der Waals surface area contributed by atoms with Crippen LogP contribution >= 0.6 is 0 Å². The van der Waals surface area contributed by atoms with Gasteiger partial charge in [-0.25, -0.2) is 8.42 Å². The van der Waals surface area contributed by atoms with Gasteiger partial charge >= 0.3 is 0 Å². The van der Waals surface area contributed by atoms with Gasteiger partial charge in [0.1, 0.15) is 6.42 Å². The zero-order valence-electron chi connectivity index (χ0n) is 12.3. The van der Waals surface area contributed by atoms with Crippen molar-refractivity contribution in [3.63, 3.8) is 0 Å². The molecule has 0 radical (unpaired) electrons. The Morgan fingerprint density at radius 1 is 1.23 bits per heavy atom. The molecule has 0 spiro atoms. The van der Waals surface area contributed by atoms with Crippen LogP contribution in [0.3, 0.4) is 0 Å². The molecule has 1 aromatic rings. The van der Waals surface area contributed by atoms with Crippen LogP contribution in [0.4, 0.5) is 0 Å². The summed E-state index contributed by atoms with van der Waals surface area (Å²) in [6, 6.07) is 8.53. The fourth-order valence-electron chi connectivity index (χ4n) is 2.39. The molecule has 6 nitrogen and oxygen atoms in total. The molecule has 0 unspecified atom stereocenters. The third kappa shape index (κ3) is 4.06. The van der Waals surface area contributed by atoms with Crippen LogP contribution < -0.4 is 5.32 Å². The Morgan fingerprint density at radius 2 is 1.86 bits per heavy atom. The molecular formula is C15H19N3O3S. The Bertz CT molecular complexity index is 656. The number of benzene rings is 1. The minimum absolute atomic E-state index is 0.146. The number of rotatable bonds is 6. The van der Waals surface area contributed by atoms with E-state index in [2.05, 4.69) is 5.32 Å². The smallest absolute Gasteiger partial charge is 0.243 e. The Kier molecular flexibility index (Phi) is 5.52. The summed E-state index contributed by atoms with van der Waals surface area (Å²) < 4.78 is 26.2. The summed E-state index contributed by atoms with van der Waals surface area (Å²) in [5.41, 5.74) is 0.942. The normalized spacial score (nSPS) is 15.4. The Morgan fingerprint density at radius 3 is 2.45 bits per heavy atom. The monoisotopic (exact) mass is 321 g/mol. The lowest BCUT2D eigenvalue weighted by molar-refractivity contribution is -0.120. The van der Waals surface area contributed by atoms with Crippen molar-refractivity contribution in [1.82, 2.24) is 9.62 Å². The molecule has 0 bridgehead atoms. The molecule has 1 aromatic carbocycles. The zero-order valence-corrected chi connectivity index (χ0v) is 13.1. The van der Waals surface area contributed by atoms with Crippen molar-refractivity contribution in [3.8, 4) is 6.07 Å². The van der Waals surface area contributed by atoms with Crippen molar-refractivity contribution >= 4 is 15.9 Å². The molecule has 1 aliphatic rings. The number of hydrogen-bond donors (Lipinski definition) is 1. The van der Waals surface area contributed by atoms with Gasteiger partial charge in [-0.05, 0) is 37.0 Å². The van der Waals surface area contributed by atoms with Crippen molar-refractivity contribution in [2.24, 2.45) is 0 Å². The number of hydrogen-bond acceptors (Lipinski definition) is 4. The molecule has 7 heteroatoms. The van der Waals surface area contributed by atoms with E-state index < -0.39 is 10.0 Å². The summed E-state index contributed by atoms with van der Waals surface area (Å²) in [7, 11) is -3.37. The molecule has 1 amide bonds. The number of carbonyl (C=O) groups is 1. The second-order valence-electron chi connectivity index (χ2n) is 5.19. The molecular weight excluding hydrogens is 302 g/mol. The molecule has 2 rings (SSSR count). The molecule has 1 saturated heterocycles. The number of amides is 1. The molecule has 1 fully saturated rings. The lowest BCUT2D eigenvalue weighted by Gasteiger charge is -2.15. The van der Waals surface area contributed by atoms with Gasteiger partial charge in [-0.1, -0.05) is 12.1 Å². The summed E-state index contributed by atoms with van der Waals surface area (Å²) >= 11 is 0. The third-order valence-corrected chi connectivity index (χ3v) is 5.51. The quantitative estimate of drug-likeness (QED) is 0.847. The minimum Gasteiger partial charge on any atom is -0.355 e. The van der Waals surface area contributed by atoms with E-state index in [4.69, 9.17) is 5.26 Å². The first-order chi connectivity index (χ1) is 10.5. The maximum atomic E-state index is 12.4. The van der Waals surface area contributed by atoms with Crippen molar-refractivity contribution in [1.29, 1.82) is 5.26 Å². The summed E-state index contributed by atoms with van der Waals surface area (Å²) in [6.45, 7) is 1.61. The van der Waals surface area contributed by atoms with Crippen LogP contribution in [-0.2, 0) is 21.2 Å². The molecule has 0 atom stereocenters. The van der Waals surface area contributed by atoms with Gasteiger partial charge in [-0.3, -0.25) is 4.79 Å². The van der Waals surface area contributed by atoms with Gasteiger partial charge < -0.3 is 5.32 Å². The van der Waals surface area contributed by atoms with Crippen molar-refractivity contribution in [2.75, 3.05) is 19.6 Å². The minimum atomic E-state index is -3.37. The summed E-state index contributed by atoms with van der Waals surface area (Å²) in [4.78, 5) is 11.5. The summed E-state index contributed by atoms with van der Waals surface area (Å²) in [6.07, 6.45) is 2.29. The van der Waals surface area contributed by atoms with Gasteiger partial charge in [0.2, 0.25) is 15.9 Å². The van der Waals surface area contributed by atoms with Gasteiger partial charge in [0.05, 0.1) is 11.0 Å². The van der Waals surface area contributed by atoms with Crippen LogP contribution in [0.25, 0.3) is 0 Å². The lowest BCUT2D eigenvalue weighted by Crippen LogP contribution is -2.27. The molecule has 118 valence electrons. The highest BCUT2D eigenvalue weighted by molar-refractivity contribution is 7.89. The number of sulfonamides is 1. The van der Waals surface area contributed by atoms with E-state index in [0.29, 0.717) is 31.0 Å². The highest BCUT2D eigenvalue weighted by Crippen LogP contribution is 2.21. The van der Waals surface area contributed by atoms with Crippen LogP contribution in [-0.4, -0.2) is 38.3 Å². The van der Waals surface area contributed by atoms with Crippen molar-refractivity contribution < 1.29 is 13.2 Å². The van der Waals surface area contributed by atoms with E-state index in [1.54, 1.807) is 30.3 Å². The fraction of sp³-hybridized carbons (Fsp3) is 0.467. The topological polar surface area (TPSA) is 90.3 Å². The number of carbonyl (C=O) groups excluding carboxylic acids is 1. The van der Waals surface area contributed by atoms with Gasteiger partial charge in [-0.2, -0.15) is 9.57 Å². The standard InChI is InChI=1S/C15H19N3O3S/c16-9-7-15(19)17-10-8-13-3-5-14(6-4-13)22(20,21)18-11-1-2-12-18/h3-6H,1-2,7-8,10-12H2,(H,17,19). The van der Waals surface area contributed by atoms with E-state index in [1.165, 1.54) is 4.31 Å². The van der Waals surface area contributed by atoms with Gasteiger partial charge in [0.25, 0.3) is 0 Å². The molecule has 1 aliphatic heterocycles. The Hall–Kier alpha value is -1.91. The largest absolute Gasteiger partial charge is 0.355 e. The summed E-state index contributed by atoms with van der Waals surface area (Å²) in [5, 5.41) is 11.0. The van der Waals surface area contributed by atoms with E-state index in [9.17, 15) is 13.2 Å². The second kappa shape index (κ2) is 7.38. The Balaban J connectivity index is 1.93. The number of nitriles is 1. The first-order valence-electron chi connectivity index (χ1n) is 7.27. The lowest BCUT2D eigenvalue weighted by atomic mass is 10.1. The molecule has 22 heavy (non-hydrogen) atoms. The predicted octanol–water partition coefficient (Wildman–Crippen LogP) is 1.04. The van der Waals surface area contributed by atoms with Crippen LogP contribution in [0.15, 0.2) is 29.2 Å². The van der Waals surface area contributed by atoms with Crippen LogP contribution in [0.2, 0.25) is 0 Å². The average molecular weight is 321 g/mol. The predicted molar refractivity (Wildman–Crippen MR) is 81.4 cm³/mol. The zero-order chi connectivity index (χ0) is 16.0. The van der Waals surface area contributed by atoms with Gasteiger partial charge in [0.15, 0.2) is 0 Å². The van der Waals surface area contributed by atoms with E-state index >= 15 is 0 Å². The second-order valence-corrected chi connectivity index (χ2v) is 7.13. The maximum absolute atomic E-state index is 12.4. The van der Waals surface area contributed by atoms with Gasteiger partial charge in [0, 0.05) is 19.6 Å².